The van der Waals surface area contributed by atoms with Crippen molar-refractivity contribution in [2.45, 2.75) is 39.9 Å². The molecule has 2 atom stereocenters. The number of nitrogens with two attached hydrogens (primary N) is 1. The molecule has 0 bridgehead atoms. The Balaban J connectivity index is 4.42. The van der Waals surface area contributed by atoms with E-state index in [4.69, 9.17) is 5.73 Å². The maximum Gasteiger partial charge on any atom is 0.208 e. The Hall–Kier alpha value is -0.410. The van der Waals surface area contributed by atoms with Gasteiger partial charge in [0.25, 0.3) is 0 Å². The topological polar surface area (TPSA) is 41.1 Å². The lowest BCUT2D eigenvalue weighted by molar-refractivity contribution is -0.550. The lowest BCUT2D eigenvalue weighted by Crippen LogP contribution is -2.45. The first-order valence-electron chi connectivity index (χ1n) is 4.78. The Morgan fingerprint density at radius 3 is 2.15 bits per heavy atom. The van der Waals surface area contributed by atoms with Gasteiger partial charge in [-0.3, -0.25) is 5.73 Å². The van der Waals surface area contributed by atoms with E-state index in [0.29, 0.717) is 6.04 Å². The van der Waals surface area contributed by atoms with Gasteiger partial charge in [0.1, 0.15) is 7.05 Å². The van der Waals surface area contributed by atoms with Crippen LogP contribution in [0.15, 0.2) is 0 Å². The predicted octanol–water partition coefficient (Wildman–Crippen LogP) is 0.638. The molecular weight excluding hydrogens is 162 g/mol. The zero-order chi connectivity index (χ0) is 10.6. The van der Waals surface area contributed by atoms with Crippen LogP contribution in [0.25, 0.3) is 0 Å². The summed E-state index contributed by atoms with van der Waals surface area (Å²) >= 11 is 0. The summed E-state index contributed by atoms with van der Waals surface area (Å²) in [6.45, 7) is 8.54. The second-order valence-corrected chi connectivity index (χ2v) is 4.70. The number of nitrogens with one attached hydrogen (secondary N) is 1. The van der Waals surface area contributed by atoms with Gasteiger partial charge in [-0.25, -0.2) is 4.58 Å². The van der Waals surface area contributed by atoms with E-state index in [9.17, 15) is 0 Å². The molecular formula is C10H24N3+. The second kappa shape index (κ2) is 4.72. The molecule has 0 saturated carbocycles. The van der Waals surface area contributed by atoms with Gasteiger partial charge in [0, 0.05) is 5.41 Å². The molecule has 0 aliphatic heterocycles. The zero-order valence-electron chi connectivity index (χ0n) is 9.76. The predicted molar refractivity (Wildman–Crippen MR) is 58.2 cm³/mol. The standard InChI is InChI=1S/C10H24N3/c1-8(12-5)7-13(6)9(11)10(2,3)4/h7-9,12H,11H2,1-6H3/q+1. The van der Waals surface area contributed by atoms with E-state index in [-0.39, 0.29) is 11.6 Å². The molecule has 0 amide bonds. The Bertz CT molecular complexity index is 179. The van der Waals surface area contributed by atoms with E-state index >= 15 is 0 Å². The molecule has 0 fully saturated rings. The minimum atomic E-state index is 0.0586. The second-order valence-electron chi connectivity index (χ2n) is 4.70. The quantitative estimate of drug-likeness (QED) is 0.386. The van der Waals surface area contributed by atoms with Gasteiger partial charge in [-0.15, -0.1) is 0 Å². The highest BCUT2D eigenvalue weighted by molar-refractivity contribution is 5.58. The maximum absolute atomic E-state index is 6.06. The Labute approximate surface area is 82.0 Å². The minimum absolute atomic E-state index is 0.0586. The van der Waals surface area contributed by atoms with E-state index in [2.05, 4.69) is 43.8 Å². The molecule has 0 aromatic rings. The molecule has 13 heavy (non-hydrogen) atoms. The van der Waals surface area contributed by atoms with Crippen molar-refractivity contribution in [2.24, 2.45) is 11.1 Å². The van der Waals surface area contributed by atoms with Crippen molar-refractivity contribution in [3.63, 3.8) is 0 Å². The third-order valence-corrected chi connectivity index (χ3v) is 2.24. The summed E-state index contributed by atoms with van der Waals surface area (Å²) in [6.07, 6.45) is 2.17. The molecule has 3 heteroatoms. The van der Waals surface area contributed by atoms with Crippen molar-refractivity contribution < 1.29 is 4.58 Å². The van der Waals surface area contributed by atoms with Gasteiger partial charge in [-0.2, -0.15) is 0 Å². The molecule has 0 heterocycles. The van der Waals surface area contributed by atoms with Crippen molar-refractivity contribution in [3.05, 3.63) is 0 Å². The Morgan fingerprint density at radius 1 is 1.38 bits per heavy atom. The first kappa shape index (κ1) is 12.6. The number of rotatable bonds is 3. The van der Waals surface area contributed by atoms with Crippen molar-refractivity contribution in [2.75, 3.05) is 14.1 Å². The smallest absolute Gasteiger partial charge is 0.208 e. The fraction of sp³-hybridized carbons (Fsp3) is 0.900. The van der Waals surface area contributed by atoms with Gasteiger partial charge >= 0.3 is 0 Å². The number of hydrogen-bond donors (Lipinski definition) is 2. The number of nitrogens with zero attached hydrogens (tertiary/aromatic N) is 1. The molecule has 0 radical (unpaired) electrons. The van der Waals surface area contributed by atoms with E-state index in [1.165, 1.54) is 0 Å². The molecule has 2 unspecified atom stereocenters. The SMILES string of the molecule is CNC(C)C=[N+](C)C(N)C(C)(C)C. The number of hydrogen-bond acceptors (Lipinski definition) is 2. The fourth-order valence-electron chi connectivity index (χ4n) is 1.13. The van der Waals surface area contributed by atoms with Crippen LogP contribution in [0.4, 0.5) is 0 Å². The highest BCUT2D eigenvalue weighted by Crippen LogP contribution is 2.16. The van der Waals surface area contributed by atoms with Crippen LogP contribution in [0.1, 0.15) is 27.7 Å². The summed E-state index contributed by atoms with van der Waals surface area (Å²) in [4.78, 5) is 0. The van der Waals surface area contributed by atoms with E-state index in [1.54, 1.807) is 0 Å². The molecule has 0 rings (SSSR count). The molecule has 3 nitrogen and oxygen atoms in total. The van der Waals surface area contributed by atoms with Gasteiger partial charge < -0.3 is 5.32 Å². The van der Waals surface area contributed by atoms with Gasteiger partial charge in [-0.1, -0.05) is 20.8 Å². The summed E-state index contributed by atoms with van der Waals surface area (Å²) in [5.41, 5.74) is 6.17. The van der Waals surface area contributed by atoms with E-state index < -0.39 is 0 Å². The summed E-state index contributed by atoms with van der Waals surface area (Å²) < 4.78 is 2.07. The van der Waals surface area contributed by atoms with Crippen LogP contribution in [0.3, 0.4) is 0 Å². The van der Waals surface area contributed by atoms with Gasteiger partial charge in [0.15, 0.2) is 6.21 Å². The Kier molecular flexibility index (Phi) is 4.57. The van der Waals surface area contributed by atoms with Crippen molar-refractivity contribution in [1.82, 2.24) is 5.32 Å². The summed E-state index contributed by atoms with van der Waals surface area (Å²) in [7, 11) is 3.96. The summed E-state index contributed by atoms with van der Waals surface area (Å²) in [5.74, 6) is 0. The molecule has 0 saturated heterocycles. The van der Waals surface area contributed by atoms with Crippen molar-refractivity contribution >= 4 is 6.21 Å². The monoisotopic (exact) mass is 186 g/mol. The van der Waals surface area contributed by atoms with Crippen molar-refractivity contribution in [1.29, 1.82) is 0 Å². The largest absolute Gasteiger partial charge is 0.309 e. The molecule has 3 N–H and O–H groups in total. The van der Waals surface area contributed by atoms with E-state index in [1.807, 2.05) is 14.1 Å². The average Bonchev–Trinajstić information content (AvgIpc) is 2.01. The van der Waals surface area contributed by atoms with Crippen LogP contribution >= 0.6 is 0 Å². The Morgan fingerprint density at radius 2 is 1.85 bits per heavy atom. The fourth-order valence-corrected chi connectivity index (χ4v) is 1.13. The van der Waals surface area contributed by atoms with E-state index in [0.717, 1.165) is 0 Å². The summed E-state index contributed by atoms with van der Waals surface area (Å²) in [6, 6.07) is 0.360. The molecule has 0 aliphatic rings. The van der Waals surface area contributed by atoms with Crippen LogP contribution < -0.4 is 11.1 Å². The lowest BCUT2D eigenvalue weighted by atomic mass is 9.92. The van der Waals surface area contributed by atoms with Crippen LogP contribution in [0.5, 0.6) is 0 Å². The van der Waals surface area contributed by atoms with Gasteiger partial charge in [-0.05, 0) is 14.0 Å². The molecule has 0 aliphatic carbocycles. The van der Waals surface area contributed by atoms with Crippen molar-refractivity contribution in [3.8, 4) is 0 Å². The normalized spacial score (nSPS) is 18.5. The lowest BCUT2D eigenvalue weighted by Gasteiger charge is -2.23. The van der Waals surface area contributed by atoms with Crippen LogP contribution in [-0.2, 0) is 0 Å². The van der Waals surface area contributed by atoms with Crippen LogP contribution in [-0.4, -0.2) is 37.1 Å². The molecule has 0 aromatic carbocycles. The minimum Gasteiger partial charge on any atom is -0.309 e. The maximum atomic E-state index is 6.06. The highest BCUT2D eigenvalue weighted by Gasteiger charge is 2.28. The highest BCUT2D eigenvalue weighted by atomic mass is 15.1. The first-order chi connectivity index (χ1) is 5.79. The third kappa shape index (κ3) is 4.39. The van der Waals surface area contributed by atoms with Crippen LogP contribution in [0.2, 0.25) is 0 Å². The molecule has 78 valence electrons. The van der Waals surface area contributed by atoms with Gasteiger partial charge in [0.05, 0.1) is 6.04 Å². The van der Waals surface area contributed by atoms with Crippen LogP contribution in [0, 0.1) is 5.41 Å². The zero-order valence-corrected chi connectivity index (χ0v) is 9.76. The summed E-state index contributed by atoms with van der Waals surface area (Å²) in [5, 5.41) is 3.15. The third-order valence-electron chi connectivity index (χ3n) is 2.24. The van der Waals surface area contributed by atoms with Gasteiger partial charge in [0.2, 0.25) is 6.17 Å². The molecule has 0 spiro atoms. The first-order valence-corrected chi connectivity index (χ1v) is 4.78. The average molecular weight is 186 g/mol. The molecule has 0 aromatic heterocycles.